The van der Waals surface area contributed by atoms with Gasteiger partial charge in [0.1, 0.15) is 19.0 Å². The van der Waals surface area contributed by atoms with Crippen molar-refractivity contribution in [1.82, 2.24) is 0 Å². The van der Waals surface area contributed by atoms with Crippen LogP contribution in [-0.4, -0.2) is 32.0 Å². The summed E-state index contributed by atoms with van der Waals surface area (Å²) in [5.74, 6) is 0.623. The second-order valence-corrected chi connectivity index (χ2v) is 5.56. The Morgan fingerprint density at radius 3 is 2.62 bits per heavy atom. The van der Waals surface area contributed by atoms with Gasteiger partial charge in [0, 0.05) is 10.5 Å². The Morgan fingerprint density at radius 1 is 1.29 bits per heavy atom. The summed E-state index contributed by atoms with van der Waals surface area (Å²) >= 11 is 3.38. The third-order valence-electron chi connectivity index (χ3n) is 2.78. The van der Waals surface area contributed by atoms with Gasteiger partial charge < -0.3 is 15.2 Å². The van der Waals surface area contributed by atoms with Crippen molar-refractivity contribution >= 4 is 15.9 Å². The van der Waals surface area contributed by atoms with Gasteiger partial charge in [-0.3, -0.25) is 0 Å². The van der Waals surface area contributed by atoms with Crippen LogP contribution in [0.5, 0.6) is 5.75 Å². The van der Waals surface area contributed by atoms with E-state index in [9.17, 15) is 13.2 Å². The first-order valence-corrected chi connectivity index (χ1v) is 7.42. The van der Waals surface area contributed by atoms with Crippen LogP contribution >= 0.6 is 15.9 Å². The van der Waals surface area contributed by atoms with Gasteiger partial charge in [0.05, 0.1) is 6.61 Å². The van der Waals surface area contributed by atoms with Crippen LogP contribution in [0.2, 0.25) is 0 Å². The van der Waals surface area contributed by atoms with E-state index in [0.29, 0.717) is 12.2 Å². The number of hydrogen-bond acceptors (Lipinski definition) is 3. The molecular weight excluding hydrogens is 351 g/mol. The molecule has 120 valence electrons. The standard InChI is InChI=1S/C14H19BrF3NO2/c1-2-12(19)8-10-7-11(15)3-4-13(10)21-6-5-20-9-14(16,17)18/h3-4,7,12H,2,5-6,8-9,19H2,1H3. The summed E-state index contributed by atoms with van der Waals surface area (Å²) in [6.07, 6.45) is -2.83. The monoisotopic (exact) mass is 369 g/mol. The minimum atomic E-state index is -4.31. The molecule has 7 heteroatoms. The van der Waals surface area contributed by atoms with E-state index in [1.165, 1.54) is 0 Å². The highest BCUT2D eigenvalue weighted by atomic mass is 79.9. The fourth-order valence-corrected chi connectivity index (χ4v) is 2.08. The molecule has 0 aliphatic carbocycles. The van der Waals surface area contributed by atoms with Crippen molar-refractivity contribution in [2.75, 3.05) is 19.8 Å². The van der Waals surface area contributed by atoms with Gasteiger partial charge in [-0.2, -0.15) is 13.2 Å². The lowest BCUT2D eigenvalue weighted by Gasteiger charge is -2.15. The number of halogens is 4. The second-order valence-electron chi connectivity index (χ2n) is 4.64. The van der Waals surface area contributed by atoms with E-state index in [1.54, 1.807) is 6.07 Å². The summed E-state index contributed by atoms with van der Waals surface area (Å²) < 4.78 is 46.6. The Morgan fingerprint density at radius 2 is 2.00 bits per heavy atom. The van der Waals surface area contributed by atoms with Crippen LogP contribution in [0.25, 0.3) is 0 Å². The Hall–Kier alpha value is -0.790. The number of alkyl halides is 3. The Kier molecular flexibility index (Phi) is 7.48. The maximum Gasteiger partial charge on any atom is 0.411 e. The highest BCUT2D eigenvalue weighted by Crippen LogP contribution is 2.25. The fourth-order valence-electron chi connectivity index (χ4n) is 1.67. The van der Waals surface area contributed by atoms with Gasteiger partial charge in [-0.1, -0.05) is 22.9 Å². The molecule has 0 aromatic heterocycles. The molecule has 0 aliphatic rings. The molecule has 2 N–H and O–H groups in total. The third kappa shape index (κ3) is 7.68. The van der Waals surface area contributed by atoms with E-state index >= 15 is 0 Å². The van der Waals surface area contributed by atoms with Gasteiger partial charge in [0.2, 0.25) is 0 Å². The largest absolute Gasteiger partial charge is 0.491 e. The van der Waals surface area contributed by atoms with E-state index in [1.807, 2.05) is 19.1 Å². The SMILES string of the molecule is CCC(N)Cc1cc(Br)ccc1OCCOCC(F)(F)F. The first-order chi connectivity index (χ1) is 9.81. The summed E-state index contributed by atoms with van der Waals surface area (Å²) in [6.45, 7) is 0.680. The van der Waals surface area contributed by atoms with Crippen LogP contribution in [0.3, 0.4) is 0 Å². The summed E-state index contributed by atoms with van der Waals surface area (Å²) in [7, 11) is 0. The molecule has 1 aromatic rings. The van der Waals surface area contributed by atoms with Crippen molar-refractivity contribution in [1.29, 1.82) is 0 Å². The zero-order valence-electron chi connectivity index (χ0n) is 11.8. The highest BCUT2D eigenvalue weighted by Gasteiger charge is 2.27. The first kappa shape index (κ1) is 18.3. The van der Waals surface area contributed by atoms with E-state index in [4.69, 9.17) is 10.5 Å². The number of rotatable bonds is 8. The van der Waals surface area contributed by atoms with Crippen LogP contribution < -0.4 is 10.5 Å². The molecule has 21 heavy (non-hydrogen) atoms. The molecule has 0 fully saturated rings. The lowest BCUT2D eigenvalue weighted by atomic mass is 10.0. The quantitative estimate of drug-likeness (QED) is 0.710. The fraction of sp³-hybridized carbons (Fsp3) is 0.571. The molecule has 0 saturated carbocycles. The van der Waals surface area contributed by atoms with Gasteiger partial charge in [0.25, 0.3) is 0 Å². The smallest absolute Gasteiger partial charge is 0.411 e. The number of ether oxygens (including phenoxy) is 2. The lowest BCUT2D eigenvalue weighted by molar-refractivity contribution is -0.175. The van der Waals surface area contributed by atoms with Crippen LogP contribution in [0.1, 0.15) is 18.9 Å². The molecular formula is C14H19BrF3NO2. The third-order valence-corrected chi connectivity index (χ3v) is 3.27. The van der Waals surface area contributed by atoms with Crippen LogP contribution in [0, 0.1) is 0 Å². The molecule has 1 rings (SSSR count). The molecule has 0 radical (unpaired) electrons. The second kappa shape index (κ2) is 8.60. The van der Waals surface area contributed by atoms with Crippen LogP contribution in [-0.2, 0) is 11.2 Å². The average Bonchev–Trinajstić information content (AvgIpc) is 2.39. The van der Waals surface area contributed by atoms with E-state index in [0.717, 1.165) is 16.5 Å². The minimum absolute atomic E-state index is 0.0168. The van der Waals surface area contributed by atoms with Crippen molar-refractivity contribution in [2.45, 2.75) is 32.0 Å². The molecule has 0 saturated heterocycles. The molecule has 1 aromatic carbocycles. The highest BCUT2D eigenvalue weighted by molar-refractivity contribution is 9.10. The number of nitrogens with two attached hydrogens (primary N) is 1. The summed E-state index contributed by atoms with van der Waals surface area (Å²) in [6, 6.07) is 5.50. The maximum atomic E-state index is 11.9. The minimum Gasteiger partial charge on any atom is -0.491 e. The molecule has 0 spiro atoms. The summed E-state index contributed by atoms with van der Waals surface area (Å²) in [5, 5.41) is 0. The first-order valence-electron chi connectivity index (χ1n) is 6.63. The molecule has 1 unspecified atom stereocenters. The van der Waals surface area contributed by atoms with Crippen LogP contribution in [0.15, 0.2) is 22.7 Å². The topological polar surface area (TPSA) is 44.5 Å². The van der Waals surface area contributed by atoms with Crippen LogP contribution in [0.4, 0.5) is 13.2 Å². The summed E-state index contributed by atoms with van der Waals surface area (Å²) in [4.78, 5) is 0. The predicted molar refractivity (Wildman–Crippen MR) is 78.5 cm³/mol. The average molecular weight is 370 g/mol. The molecule has 0 aliphatic heterocycles. The van der Waals surface area contributed by atoms with Crippen molar-refractivity contribution in [3.63, 3.8) is 0 Å². The number of hydrogen-bond donors (Lipinski definition) is 1. The van der Waals surface area contributed by atoms with Gasteiger partial charge >= 0.3 is 6.18 Å². The van der Waals surface area contributed by atoms with Crippen molar-refractivity contribution in [2.24, 2.45) is 5.73 Å². The van der Waals surface area contributed by atoms with Crippen molar-refractivity contribution in [3.8, 4) is 5.75 Å². The molecule has 1 atom stereocenters. The molecule has 0 amide bonds. The zero-order valence-corrected chi connectivity index (χ0v) is 13.3. The Labute approximate surface area is 130 Å². The molecule has 0 bridgehead atoms. The van der Waals surface area contributed by atoms with Gasteiger partial charge in [-0.25, -0.2) is 0 Å². The van der Waals surface area contributed by atoms with Gasteiger partial charge in [0.15, 0.2) is 0 Å². The van der Waals surface area contributed by atoms with E-state index in [-0.39, 0.29) is 19.3 Å². The van der Waals surface area contributed by atoms with E-state index in [2.05, 4.69) is 20.7 Å². The van der Waals surface area contributed by atoms with Gasteiger partial charge in [-0.05, 0) is 36.6 Å². The molecule has 0 heterocycles. The van der Waals surface area contributed by atoms with Crippen molar-refractivity contribution < 1.29 is 22.6 Å². The van der Waals surface area contributed by atoms with Crippen molar-refractivity contribution in [3.05, 3.63) is 28.2 Å². The Balaban J connectivity index is 2.50. The Bertz CT molecular complexity index is 441. The predicted octanol–water partition coefficient (Wildman–Crippen LogP) is 3.69. The zero-order chi connectivity index (χ0) is 15.9. The lowest BCUT2D eigenvalue weighted by Crippen LogP contribution is -2.22. The normalized spacial score (nSPS) is 13.2. The maximum absolute atomic E-state index is 11.9. The van der Waals surface area contributed by atoms with E-state index < -0.39 is 12.8 Å². The van der Waals surface area contributed by atoms with Gasteiger partial charge in [-0.15, -0.1) is 0 Å². The number of benzene rings is 1. The molecule has 3 nitrogen and oxygen atoms in total. The summed E-state index contributed by atoms with van der Waals surface area (Å²) in [5.41, 5.74) is 6.85.